The number of ether oxygens (including phenoxy) is 1. The van der Waals surface area contributed by atoms with Crippen LogP contribution >= 0.6 is 15.9 Å². The van der Waals surface area contributed by atoms with E-state index in [0.717, 1.165) is 30.1 Å². The normalized spacial score (nSPS) is 21.1. The Bertz CT molecular complexity index is 297. The fraction of sp³-hybridized carbons (Fsp3) is 0.556. The maximum Gasteiger partial charge on any atom is 0.225 e. The molecule has 0 saturated carbocycles. The van der Waals surface area contributed by atoms with Crippen LogP contribution in [0.5, 0.6) is 0 Å². The summed E-state index contributed by atoms with van der Waals surface area (Å²) >= 11 is 3.31. The van der Waals surface area contributed by atoms with E-state index in [1.807, 2.05) is 7.05 Å². The van der Waals surface area contributed by atoms with Crippen molar-refractivity contribution in [1.82, 2.24) is 9.97 Å². The highest BCUT2D eigenvalue weighted by molar-refractivity contribution is 9.10. The lowest BCUT2D eigenvalue weighted by Gasteiger charge is -2.22. The lowest BCUT2D eigenvalue weighted by atomic mass is 10.2. The van der Waals surface area contributed by atoms with Gasteiger partial charge >= 0.3 is 0 Å². The molecule has 0 N–H and O–H groups in total. The van der Waals surface area contributed by atoms with Crippen LogP contribution in [0.1, 0.15) is 6.42 Å². The molecule has 1 aromatic heterocycles. The smallest absolute Gasteiger partial charge is 0.225 e. The van der Waals surface area contributed by atoms with Crippen molar-refractivity contribution in [1.29, 1.82) is 0 Å². The number of anilines is 1. The molecule has 1 aromatic rings. The third kappa shape index (κ3) is 2.04. The Morgan fingerprint density at radius 2 is 2.21 bits per heavy atom. The van der Waals surface area contributed by atoms with Crippen molar-refractivity contribution in [2.45, 2.75) is 12.5 Å². The summed E-state index contributed by atoms with van der Waals surface area (Å²) in [6.45, 7) is 1.61. The number of hydrogen-bond donors (Lipinski definition) is 0. The van der Waals surface area contributed by atoms with Crippen molar-refractivity contribution in [3.05, 3.63) is 16.9 Å². The second-order valence-electron chi connectivity index (χ2n) is 3.33. The molecular formula is C9H12BrN3O. The van der Waals surface area contributed by atoms with E-state index in [1.54, 1.807) is 12.4 Å². The van der Waals surface area contributed by atoms with Crippen molar-refractivity contribution in [2.75, 3.05) is 25.2 Å². The molecule has 0 aromatic carbocycles. The summed E-state index contributed by atoms with van der Waals surface area (Å²) < 4.78 is 6.22. The number of hydrogen-bond acceptors (Lipinski definition) is 4. The summed E-state index contributed by atoms with van der Waals surface area (Å²) in [6, 6.07) is 0.413. The lowest BCUT2D eigenvalue weighted by molar-refractivity contribution is 0.193. The van der Waals surface area contributed by atoms with Gasteiger partial charge in [-0.25, -0.2) is 9.97 Å². The third-order valence-electron chi connectivity index (χ3n) is 2.38. The SMILES string of the molecule is CN(c1ncc(Br)cn1)C1CCOC1. The first-order valence-electron chi connectivity index (χ1n) is 4.55. The van der Waals surface area contributed by atoms with Gasteiger partial charge in [-0.3, -0.25) is 0 Å². The van der Waals surface area contributed by atoms with Crippen LogP contribution in [-0.2, 0) is 4.74 Å². The van der Waals surface area contributed by atoms with Gasteiger partial charge in [0.05, 0.1) is 17.1 Å². The molecule has 1 unspecified atom stereocenters. The monoisotopic (exact) mass is 257 g/mol. The summed E-state index contributed by atoms with van der Waals surface area (Å²) in [5.74, 6) is 0.753. The molecule has 1 aliphatic heterocycles. The van der Waals surface area contributed by atoms with E-state index in [0.29, 0.717) is 6.04 Å². The molecule has 0 bridgehead atoms. The molecule has 1 fully saturated rings. The van der Waals surface area contributed by atoms with E-state index in [-0.39, 0.29) is 0 Å². The van der Waals surface area contributed by atoms with Gasteiger partial charge in [0.1, 0.15) is 0 Å². The Hall–Kier alpha value is -0.680. The Morgan fingerprint density at radius 1 is 1.50 bits per heavy atom. The zero-order valence-electron chi connectivity index (χ0n) is 7.98. The minimum Gasteiger partial charge on any atom is -0.379 e. The molecule has 5 heteroatoms. The van der Waals surface area contributed by atoms with E-state index in [4.69, 9.17) is 4.74 Å². The largest absolute Gasteiger partial charge is 0.379 e. The number of halogens is 1. The zero-order valence-corrected chi connectivity index (χ0v) is 9.57. The average Bonchev–Trinajstić information content (AvgIpc) is 2.71. The van der Waals surface area contributed by atoms with Gasteiger partial charge in [0.25, 0.3) is 0 Å². The highest BCUT2D eigenvalue weighted by atomic mass is 79.9. The van der Waals surface area contributed by atoms with Crippen molar-refractivity contribution < 1.29 is 4.74 Å². The molecule has 1 atom stereocenters. The molecule has 1 saturated heterocycles. The maximum absolute atomic E-state index is 5.32. The Morgan fingerprint density at radius 3 is 2.79 bits per heavy atom. The van der Waals surface area contributed by atoms with Crippen LogP contribution in [0, 0.1) is 0 Å². The van der Waals surface area contributed by atoms with Crippen LogP contribution in [-0.4, -0.2) is 36.3 Å². The first kappa shape index (κ1) is 9.86. The highest BCUT2D eigenvalue weighted by Crippen LogP contribution is 2.16. The quantitative estimate of drug-likeness (QED) is 0.805. The van der Waals surface area contributed by atoms with E-state index in [9.17, 15) is 0 Å². The topological polar surface area (TPSA) is 38.2 Å². The summed E-state index contributed by atoms with van der Waals surface area (Å²) in [6.07, 6.45) is 4.57. The highest BCUT2D eigenvalue weighted by Gasteiger charge is 2.21. The second kappa shape index (κ2) is 4.23. The molecule has 2 rings (SSSR count). The van der Waals surface area contributed by atoms with E-state index >= 15 is 0 Å². The molecule has 0 aliphatic carbocycles. The van der Waals surface area contributed by atoms with Crippen molar-refractivity contribution in [3.63, 3.8) is 0 Å². The van der Waals surface area contributed by atoms with Gasteiger partial charge in [0.15, 0.2) is 0 Å². The van der Waals surface area contributed by atoms with Crippen LogP contribution in [0.15, 0.2) is 16.9 Å². The second-order valence-corrected chi connectivity index (χ2v) is 4.25. The number of likely N-dealkylation sites (N-methyl/N-ethyl adjacent to an activating group) is 1. The van der Waals surface area contributed by atoms with Gasteiger partial charge in [0.2, 0.25) is 5.95 Å². The minimum absolute atomic E-state index is 0.413. The fourth-order valence-corrected chi connectivity index (χ4v) is 1.68. The zero-order chi connectivity index (χ0) is 9.97. The first-order chi connectivity index (χ1) is 6.77. The average molecular weight is 258 g/mol. The molecule has 0 radical (unpaired) electrons. The molecule has 1 aliphatic rings. The fourth-order valence-electron chi connectivity index (χ4n) is 1.48. The van der Waals surface area contributed by atoms with E-state index in [1.165, 1.54) is 0 Å². The van der Waals surface area contributed by atoms with Crippen LogP contribution in [0.4, 0.5) is 5.95 Å². The van der Waals surface area contributed by atoms with Crippen LogP contribution in [0.2, 0.25) is 0 Å². The van der Waals surface area contributed by atoms with Crippen molar-refractivity contribution in [2.24, 2.45) is 0 Å². The van der Waals surface area contributed by atoms with E-state index < -0.39 is 0 Å². The summed E-state index contributed by atoms with van der Waals surface area (Å²) in [5.41, 5.74) is 0. The number of aromatic nitrogens is 2. The summed E-state index contributed by atoms with van der Waals surface area (Å²) in [4.78, 5) is 10.5. The van der Waals surface area contributed by atoms with Gasteiger partial charge in [-0.1, -0.05) is 0 Å². The molecule has 0 amide bonds. The van der Waals surface area contributed by atoms with Crippen LogP contribution < -0.4 is 4.90 Å². The minimum atomic E-state index is 0.413. The number of rotatable bonds is 2. The Kier molecular flexibility index (Phi) is 2.98. The molecule has 4 nitrogen and oxygen atoms in total. The maximum atomic E-state index is 5.32. The third-order valence-corrected chi connectivity index (χ3v) is 2.79. The molecule has 76 valence electrons. The van der Waals surface area contributed by atoms with Crippen molar-refractivity contribution >= 4 is 21.9 Å². The summed E-state index contributed by atoms with van der Waals surface area (Å²) in [7, 11) is 2.00. The van der Waals surface area contributed by atoms with Gasteiger partial charge < -0.3 is 9.64 Å². The van der Waals surface area contributed by atoms with Gasteiger partial charge in [-0.05, 0) is 22.4 Å². The molecular weight excluding hydrogens is 246 g/mol. The Balaban J connectivity index is 2.09. The Labute approximate surface area is 91.4 Å². The standard InChI is InChI=1S/C9H12BrN3O/c1-13(8-2-3-14-6-8)9-11-4-7(10)5-12-9/h4-5,8H,2-3,6H2,1H3. The predicted molar refractivity (Wildman–Crippen MR) is 57.4 cm³/mol. The van der Waals surface area contributed by atoms with Crippen LogP contribution in [0.25, 0.3) is 0 Å². The summed E-state index contributed by atoms with van der Waals surface area (Å²) in [5, 5.41) is 0. The molecule has 2 heterocycles. The van der Waals surface area contributed by atoms with Crippen LogP contribution in [0.3, 0.4) is 0 Å². The lowest BCUT2D eigenvalue weighted by Crippen LogP contribution is -2.33. The molecule has 0 spiro atoms. The predicted octanol–water partition coefficient (Wildman–Crippen LogP) is 1.46. The van der Waals surface area contributed by atoms with E-state index in [2.05, 4.69) is 30.8 Å². The first-order valence-corrected chi connectivity index (χ1v) is 5.35. The van der Waals surface area contributed by atoms with Gasteiger partial charge in [-0.2, -0.15) is 0 Å². The molecule has 14 heavy (non-hydrogen) atoms. The van der Waals surface area contributed by atoms with Crippen molar-refractivity contribution in [3.8, 4) is 0 Å². The van der Waals surface area contributed by atoms with Gasteiger partial charge in [0, 0.05) is 26.0 Å². The van der Waals surface area contributed by atoms with Gasteiger partial charge in [-0.15, -0.1) is 0 Å². The number of nitrogens with zero attached hydrogens (tertiary/aromatic N) is 3.